The van der Waals surface area contributed by atoms with Crippen LogP contribution in [0.5, 0.6) is 5.75 Å². The predicted molar refractivity (Wildman–Crippen MR) is 114 cm³/mol. The van der Waals surface area contributed by atoms with Gasteiger partial charge in [0.25, 0.3) is 0 Å². The van der Waals surface area contributed by atoms with Crippen molar-refractivity contribution < 1.29 is 23.8 Å². The van der Waals surface area contributed by atoms with Crippen LogP contribution in [0.15, 0.2) is 58.8 Å². The minimum absolute atomic E-state index is 0.310. The molecular formula is C23H28N2O5. The third-order valence-corrected chi connectivity index (χ3v) is 4.30. The van der Waals surface area contributed by atoms with Crippen LogP contribution in [0.4, 0.5) is 11.4 Å². The van der Waals surface area contributed by atoms with Crippen molar-refractivity contribution in [1.82, 2.24) is 0 Å². The highest BCUT2D eigenvalue weighted by Crippen LogP contribution is 2.22. The summed E-state index contributed by atoms with van der Waals surface area (Å²) in [5.41, 5.74) is 1.60. The average molecular weight is 412 g/mol. The molecule has 0 bridgehead atoms. The standard InChI is InChI=1S/C23H28N2O5/c1-4-5-6-7-16-29-21-14-12-20(13-15-21)25-24-19-10-8-18(9-11-19)23(27)30-17(2)22(26)28-3/h8-15,17H,4-7,16H2,1-3H3/t17-/m0/s1. The fourth-order valence-corrected chi connectivity index (χ4v) is 2.55. The van der Waals surface area contributed by atoms with Gasteiger partial charge in [0, 0.05) is 0 Å². The van der Waals surface area contributed by atoms with E-state index >= 15 is 0 Å². The quantitative estimate of drug-likeness (QED) is 0.265. The van der Waals surface area contributed by atoms with E-state index in [1.54, 1.807) is 24.3 Å². The number of carbonyl (C=O) groups excluding carboxylic acids is 2. The van der Waals surface area contributed by atoms with Gasteiger partial charge in [0.15, 0.2) is 6.10 Å². The first-order valence-electron chi connectivity index (χ1n) is 10.1. The normalized spacial score (nSPS) is 11.8. The van der Waals surface area contributed by atoms with E-state index in [9.17, 15) is 9.59 Å². The molecule has 30 heavy (non-hydrogen) atoms. The van der Waals surface area contributed by atoms with Gasteiger partial charge in [-0.05, 0) is 61.9 Å². The van der Waals surface area contributed by atoms with E-state index in [4.69, 9.17) is 9.47 Å². The highest BCUT2D eigenvalue weighted by atomic mass is 16.6. The Balaban J connectivity index is 1.86. The van der Waals surface area contributed by atoms with Gasteiger partial charge >= 0.3 is 11.9 Å². The summed E-state index contributed by atoms with van der Waals surface area (Å²) in [5.74, 6) is -0.405. The first kappa shape index (κ1) is 23.1. The Bertz CT molecular complexity index is 832. The highest BCUT2D eigenvalue weighted by molar-refractivity contribution is 5.91. The Kier molecular flexibility index (Phi) is 9.51. The van der Waals surface area contributed by atoms with Crippen LogP contribution in [0.25, 0.3) is 0 Å². The van der Waals surface area contributed by atoms with E-state index in [0.29, 0.717) is 23.5 Å². The number of rotatable bonds is 11. The molecule has 160 valence electrons. The Morgan fingerprint density at radius 1 is 0.900 bits per heavy atom. The van der Waals surface area contributed by atoms with Gasteiger partial charge in [-0.3, -0.25) is 0 Å². The monoisotopic (exact) mass is 412 g/mol. The topological polar surface area (TPSA) is 86.5 Å². The van der Waals surface area contributed by atoms with Gasteiger partial charge in [-0.2, -0.15) is 10.2 Å². The molecule has 0 spiro atoms. The van der Waals surface area contributed by atoms with Crippen molar-refractivity contribution in [3.63, 3.8) is 0 Å². The maximum absolute atomic E-state index is 12.0. The van der Waals surface area contributed by atoms with Crippen molar-refractivity contribution in [2.24, 2.45) is 10.2 Å². The van der Waals surface area contributed by atoms with Crippen LogP contribution in [0.3, 0.4) is 0 Å². The second-order valence-electron chi connectivity index (χ2n) is 6.72. The molecular weight excluding hydrogens is 384 g/mol. The van der Waals surface area contributed by atoms with Gasteiger partial charge in [0.2, 0.25) is 0 Å². The summed E-state index contributed by atoms with van der Waals surface area (Å²) in [6.45, 7) is 4.35. The predicted octanol–water partition coefficient (Wildman–Crippen LogP) is 5.78. The van der Waals surface area contributed by atoms with Crippen molar-refractivity contribution in [2.75, 3.05) is 13.7 Å². The van der Waals surface area contributed by atoms with Crippen molar-refractivity contribution >= 4 is 23.3 Å². The number of esters is 2. The Hall–Kier alpha value is -3.22. The Morgan fingerprint density at radius 3 is 2.07 bits per heavy atom. The van der Waals surface area contributed by atoms with E-state index < -0.39 is 18.0 Å². The second kappa shape index (κ2) is 12.4. The lowest BCUT2D eigenvalue weighted by Gasteiger charge is -2.10. The molecule has 0 fully saturated rings. The van der Waals surface area contributed by atoms with Crippen LogP contribution >= 0.6 is 0 Å². The summed E-state index contributed by atoms with van der Waals surface area (Å²) in [7, 11) is 1.24. The van der Waals surface area contributed by atoms with Crippen molar-refractivity contribution in [2.45, 2.75) is 45.6 Å². The molecule has 2 aromatic carbocycles. The minimum atomic E-state index is -0.967. The number of carbonyl (C=O) groups is 2. The largest absolute Gasteiger partial charge is 0.494 e. The van der Waals surface area contributed by atoms with Crippen molar-refractivity contribution in [1.29, 1.82) is 0 Å². The highest BCUT2D eigenvalue weighted by Gasteiger charge is 2.19. The van der Waals surface area contributed by atoms with Crippen LogP contribution in [0, 0.1) is 0 Å². The molecule has 0 saturated carbocycles. The third kappa shape index (κ3) is 7.66. The molecule has 2 rings (SSSR count). The molecule has 0 saturated heterocycles. The fraction of sp³-hybridized carbons (Fsp3) is 0.391. The minimum Gasteiger partial charge on any atom is -0.494 e. The fourth-order valence-electron chi connectivity index (χ4n) is 2.55. The molecule has 1 atom stereocenters. The third-order valence-electron chi connectivity index (χ3n) is 4.30. The number of hydrogen-bond acceptors (Lipinski definition) is 7. The summed E-state index contributed by atoms with van der Waals surface area (Å²) in [4.78, 5) is 23.4. The Labute approximate surface area is 177 Å². The molecule has 2 aromatic rings. The number of ether oxygens (including phenoxy) is 3. The van der Waals surface area contributed by atoms with E-state index in [1.807, 2.05) is 24.3 Å². The van der Waals surface area contributed by atoms with Gasteiger partial charge in [0.05, 0.1) is 30.7 Å². The molecule has 0 aliphatic heterocycles. The first-order valence-corrected chi connectivity index (χ1v) is 10.1. The molecule has 0 aliphatic carbocycles. The molecule has 0 aliphatic rings. The molecule has 0 heterocycles. The molecule has 7 heteroatoms. The molecule has 7 nitrogen and oxygen atoms in total. The van der Waals surface area contributed by atoms with E-state index in [2.05, 4.69) is 21.9 Å². The zero-order valence-electron chi connectivity index (χ0n) is 17.7. The Morgan fingerprint density at radius 2 is 1.50 bits per heavy atom. The molecule has 0 aromatic heterocycles. The lowest BCUT2D eigenvalue weighted by Crippen LogP contribution is -2.25. The van der Waals surface area contributed by atoms with Crippen LogP contribution in [0.2, 0.25) is 0 Å². The maximum atomic E-state index is 12.0. The lowest BCUT2D eigenvalue weighted by molar-refractivity contribution is -0.149. The van der Waals surface area contributed by atoms with Gasteiger partial charge in [-0.1, -0.05) is 26.2 Å². The average Bonchev–Trinajstić information content (AvgIpc) is 2.78. The summed E-state index contributed by atoms with van der Waals surface area (Å²) in [5, 5.41) is 8.35. The van der Waals surface area contributed by atoms with E-state index in [1.165, 1.54) is 33.3 Å². The number of azo groups is 1. The molecule has 0 unspecified atom stereocenters. The van der Waals surface area contributed by atoms with Crippen molar-refractivity contribution in [3.05, 3.63) is 54.1 Å². The zero-order chi connectivity index (χ0) is 21.8. The van der Waals surface area contributed by atoms with Crippen molar-refractivity contribution in [3.8, 4) is 5.75 Å². The summed E-state index contributed by atoms with van der Waals surface area (Å²) in [6, 6.07) is 13.8. The number of nitrogens with zero attached hydrogens (tertiary/aromatic N) is 2. The zero-order valence-corrected chi connectivity index (χ0v) is 17.7. The maximum Gasteiger partial charge on any atom is 0.346 e. The van der Waals surface area contributed by atoms with Gasteiger partial charge < -0.3 is 14.2 Å². The summed E-state index contributed by atoms with van der Waals surface area (Å²) < 4.78 is 15.3. The van der Waals surface area contributed by atoms with E-state index in [-0.39, 0.29) is 0 Å². The first-order chi connectivity index (χ1) is 14.5. The number of unbranched alkanes of at least 4 members (excludes halogenated alkanes) is 3. The van der Waals surface area contributed by atoms with Gasteiger partial charge in [-0.15, -0.1) is 0 Å². The van der Waals surface area contributed by atoms with Crippen LogP contribution < -0.4 is 4.74 Å². The van der Waals surface area contributed by atoms with Crippen LogP contribution in [-0.2, 0) is 14.3 Å². The lowest BCUT2D eigenvalue weighted by atomic mass is 10.2. The van der Waals surface area contributed by atoms with Gasteiger partial charge in [0.1, 0.15) is 5.75 Å². The molecule has 0 N–H and O–H groups in total. The number of methoxy groups -OCH3 is 1. The summed E-state index contributed by atoms with van der Waals surface area (Å²) in [6.07, 6.45) is 3.72. The van der Waals surface area contributed by atoms with E-state index in [0.717, 1.165) is 12.2 Å². The second-order valence-corrected chi connectivity index (χ2v) is 6.72. The smallest absolute Gasteiger partial charge is 0.346 e. The van der Waals surface area contributed by atoms with Crippen LogP contribution in [-0.4, -0.2) is 31.8 Å². The van der Waals surface area contributed by atoms with Crippen LogP contribution in [0.1, 0.15) is 49.9 Å². The SMILES string of the molecule is CCCCCCOc1ccc(N=Nc2ccc(C(=O)O[C@@H](C)C(=O)OC)cc2)cc1. The number of hydrogen-bond donors (Lipinski definition) is 0. The van der Waals surface area contributed by atoms with Gasteiger partial charge in [-0.25, -0.2) is 9.59 Å². The molecule has 0 radical (unpaired) electrons. The number of benzene rings is 2. The molecule has 0 amide bonds. The summed E-state index contributed by atoms with van der Waals surface area (Å²) >= 11 is 0.